The molecule has 2 N–H and O–H groups in total. The lowest BCUT2D eigenvalue weighted by atomic mass is 9.97. The predicted molar refractivity (Wildman–Crippen MR) is 94.1 cm³/mol. The zero-order valence-corrected chi connectivity index (χ0v) is 14.4. The van der Waals surface area contributed by atoms with Gasteiger partial charge in [-0.2, -0.15) is 0 Å². The molecule has 24 heavy (non-hydrogen) atoms. The minimum absolute atomic E-state index is 0.0460. The summed E-state index contributed by atoms with van der Waals surface area (Å²) in [5, 5.41) is 0. The van der Waals surface area contributed by atoms with E-state index in [9.17, 15) is 4.79 Å². The third kappa shape index (κ3) is 2.98. The number of anilines is 1. The molecule has 0 spiro atoms. The van der Waals surface area contributed by atoms with E-state index in [4.69, 9.17) is 14.9 Å². The van der Waals surface area contributed by atoms with Crippen LogP contribution in [0.5, 0.6) is 5.75 Å². The van der Waals surface area contributed by atoms with Crippen molar-refractivity contribution < 1.29 is 13.9 Å². The molecule has 1 aromatic heterocycles. The number of nitrogens with zero attached hydrogens (tertiary/aromatic N) is 1. The summed E-state index contributed by atoms with van der Waals surface area (Å²) in [6.07, 6.45) is 3.24. The van der Waals surface area contributed by atoms with E-state index in [-0.39, 0.29) is 18.0 Å². The maximum atomic E-state index is 12.9. The highest BCUT2D eigenvalue weighted by Gasteiger charge is 2.31. The van der Waals surface area contributed by atoms with Gasteiger partial charge in [-0.1, -0.05) is 0 Å². The summed E-state index contributed by atoms with van der Waals surface area (Å²) in [6.45, 7) is 4.20. The molecule has 0 unspecified atom stereocenters. The molecule has 5 heteroatoms. The van der Waals surface area contributed by atoms with E-state index in [2.05, 4.69) is 13.8 Å². The van der Waals surface area contributed by atoms with Gasteiger partial charge in [0.05, 0.1) is 12.7 Å². The van der Waals surface area contributed by atoms with Crippen molar-refractivity contribution in [1.29, 1.82) is 0 Å². The summed E-state index contributed by atoms with van der Waals surface area (Å²) in [6, 6.07) is 9.39. The van der Waals surface area contributed by atoms with Crippen LogP contribution in [-0.2, 0) is 0 Å². The monoisotopic (exact) mass is 328 g/mol. The van der Waals surface area contributed by atoms with Crippen molar-refractivity contribution in [3.63, 3.8) is 0 Å². The number of likely N-dealkylation sites (tertiary alicyclic amines) is 1. The molecular weight excluding hydrogens is 304 g/mol. The Kier molecular flexibility index (Phi) is 4.51. The number of carbonyl (C=O) groups is 1. The molecule has 1 saturated heterocycles. The minimum Gasteiger partial charge on any atom is -0.496 e. The number of furan rings is 1. The maximum Gasteiger partial charge on any atom is 0.290 e. The molecule has 0 saturated carbocycles. The Labute approximate surface area is 142 Å². The van der Waals surface area contributed by atoms with Gasteiger partial charge in [0, 0.05) is 23.8 Å². The lowest BCUT2D eigenvalue weighted by Gasteiger charge is -2.38. The number of piperidine rings is 1. The third-order valence-corrected chi connectivity index (χ3v) is 4.74. The van der Waals surface area contributed by atoms with E-state index in [1.807, 2.05) is 11.0 Å². The van der Waals surface area contributed by atoms with Gasteiger partial charge in [-0.25, -0.2) is 0 Å². The van der Waals surface area contributed by atoms with Crippen molar-refractivity contribution in [1.82, 2.24) is 4.90 Å². The molecule has 5 nitrogen and oxygen atoms in total. The number of nitrogen functional groups attached to an aromatic ring is 1. The number of hydrogen-bond acceptors (Lipinski definition) is 4. The van der Waals surface area contributed by atoms with Crippen LogP contribution in [0, 0.1) is 0 Å². The standard InChI is InChI=1S/C19H24N2O3/c1-12-5-4-6-13(2)21(12)19(22)17-10-9-16(24-17)15-8-7-14(20)11-18(15)23-3/h7-13H,4-6,20H2,1-3H3/t12-,13+. The van der Waals surface area contributed by atoms with Crippen molar-refractivity contribution in [3.05, 3.63) is 36.1 Å². The Bertz CT molecular complexity index is 728. The van der Waals surface area contributed by atoms with Crippen LogP contribution in [0.15, 0.2) is 34.7 Å². The Hall–Kier alpha value is -2.43. The van der Waals surface area contributed by atoms with Gasteiger partial charge in [-0.3, -0.25) is 4.79 Å². The number of ether oxygens (including phenoxy) is 1. The molecule has 3 rings (SSSR count). The van der Waals surface area contributed by atoms with Crippen molar-refractivity contribution in [3.8, 4) is 17.1 Å². The predicted octanol–water partition coefficient (Wildman–Crippen LogP) is 3.94. The van der Waals surface area contributed by atoms with E-state index in [1.54, 1.807) is 31.4 Å². The first-order valence-corrected chi connectivity index (χ1v) is 8.37. The smallest absolute Gasteiger partial charge is 0.290 e. The van der Waals surface area contributed by atoms with Gasteiger partial charge in [0.2, 0.25) is 0 Å². The number of benzene rings is 1. The fourth-order valence-electron chi connectivity index (χ4n) is 3.46. The van der Waals surface area contributed by atoms with Crippen molar-refractivity contribution >= 4 is 11.6 Å². The fraction of sp³-hybridized carbons (Fsp3) is 0.421. The topological polar surface area (TPSA) is 68.7 Å². The number of amides is 1. The zero-order chi connectivity index (χ0) is 17.3. The average Bonchev–Trinajstić information content (AvgIpc) is 3.04. The summed E-state index contributed by atoms with van der Waals surface area (Å²) in [7, 11) is 1.59. The van der Waals surface area contributed by atoms with Crippen LogP contribution in [0.2, 0.25) is 0 Å². The van der Waals surface area contributed by atoms with Crippen molar-refractivity contribution in [2.45, 2.75) is 45.2 Å². The SMILES string of the molecule is COc1cc(N)ccc1-c1ccc(C(=O)N2[C@H](C)CCC[C@@H]2C)o1. The minimum atomic E-state index is -0.0460. The van der Waals surface area contributed by atoms with E-state index in [0.717, 1.165) is 24.8 Å². The summed E-state index contributed by atoms with van der Waals surface area (Å²) in [5.41, 5.74) is 7.19. The fourth-order valence-corrected chi connectivity index (χ4v) is 3.46. The number of rotatable bonds is 3. The maximum absolute atomic E-state index is 12.9. The second kappa shape index (κ2) is 6.59. The third-order valence-electron chi connectivity index (χ3n) is 4.74. The molecule has 1 aromatic carbocycles. The molecule has 1 aliphatic heterocycles. The van der Waals surface area contributed by atoms with Gasteiger partial charge in [0.15, 0.2) is 5.76 Å². The number of carbonyl (C=O) groups excluding carboxylic acids is 1. The first-order valence-electron chi connectivity index (χ1n) is 8.37. The lowest BCUT2D eigenvalue weighted by molar-refractivity contribution is 0.0479. The first kappa shape index (κ1) is 16.4. The molecule has 128 valence electrons. The second-order valence-electron chi connectivity index (χ2n) is 6.46. The Morgan fingerprint density at radius 3 is 2.58 bits per heavy atom. The molecule has 2 atom stereocenters. The molecule has 0 bridgehead atoms. The van der Waals surface area contributed by atoms with Gasteiger partial charge in [0.1, 0.15) is 11.5 Å². The molecule has 0 radical (unpaired) electrons. The van der Waals surface area contributed by atoms with Crippen molar-refractivity contribution in [2.75, 3.05) is 12.8 Å². The van der Waals surface area contributed by atoms with E-state index in [0.29, 0.717) is 23.0 Å². The van der Waals surface area contributed by atoms with Crippen LogP contribution >= 0.6 is 0 Å². The first-order chi connectivity index (χ1) is 11.5. The van der Waals surface area contributed by atoms with Crippen LogP contribution in [0.4, 0.5) is 5.69 Å². The highest BCUT2D eigenvalue weighted by Crippen LogP contribution is 2.34. The van der Waals surface area contributed by atoms with Gasteiger partial charge < -0.3 is 19.8 Å². The highest BCUT2D eigenvalue weighted by atomic mass is 16.5. The van der Waals surface area contributed by atoms with Gasteiger partial charge in [-0.15, -0.1) is 0 Å². The van der Waals surface area contributed by atoms with Gasteiger partial charge in [-0.05, 0) is 57.4 Å². The quantitative estimate of drug-likeness (QED) is 0.867. The van der Waals surface area contributed by atoms with Crippen LogP contribution in [0.1, 0.15) is 43.7 Å². The van der Waals surface area contributed by atoms with Crippen LogP contribution in [0.25, 0.3) is 11.3 Å². The van der Waals surface area contributed by atoms with Gasteiger partial charge in [0.25, 0.3) is 5.91 Å². The number of nitrogens with two attached hydrogens (primary N) is 1. The average molecular weight is 328 g/mol. The molecule has 1 aliphatic rings. The Morgan fingerprint density at radius 1 is 1.21 bits per heavy atom. The second-order valence-corrected chi connectivity index (χ2v) is 6.46. The summed E-state index contributed by atoms with van der Waals surface area (Å²) < 4.78 is 11.2. The van der Waals surface area contributed by atoms with Crippen LogP contribution < -0.4 is 10.5 Å². The van der Waals surface area contributed by atoms with Crippen LogP contribution in [-0.4, -0.2) is 30.0 Å². The Morgan fingerprint density at radius 2 is 1.92 bits per heavy atom. The molecule has 2 aromatic rings. The van der Waals surface area contributed by atoms with Gasteiger partial charge >= 0.3 is 0 Å². The zero-order valence-electron chi connectivity index (χ0n) is 14.4. The number of methoxy groups -OCH3 is 1. The van der Waals surface area contributed by atoms with Crippen molar-refractivity contribution in [2.24, 2.45) is 0 Å². The lowest BCUT2D eigenvalue weighted by Crippen LogP contribution is -2.47. The largest absolute Gasteiger partial charge is 0.496 e. The molecular formula is C19H24N2O3. The molecule has 1 amide bonds. The molecule has 1 fully saturated rings. The molecule has 0 aliphatic carbocycles. The molecule has 2 heterocycles. The summed E-state index contributed by atoms with van der Waals surface area (Å²) in [5.74, 6) is 1.55. The van der Waals surface area contributed by atoms with E-state index in [1.165, 1.54) is 0 Å². The van der Waals surface area contributed by atoms with Crippen LogP contribution in [0.3, 0.4) is 0 Å². The van der Waals surface area contributed by atoms with E-state index < -0.39 is 0 Å². The van der Waals surface area contributed by atoms with E-state index >= 15 is 0 Å². The number of hydrogen-bond donors (Lipinski definition) is 1. The normalized spacial score (nSPS) is 20.9. The highest BCUT2D eigenvalue weighted by molar-refractivity contribution is 5.92. The Balaban J connectivity index is 1.89. The summed E-state index contributed by atoms with van der Waals surface area (Å²) in [4.78, 5) is 14.8. The summed E-state index contributed by atoms with van der Waals surface area (Å²) >= 11 is 0.